The molecule has 0 saturated heterocycles. The van der Waals surface area contributed by atoms with Gasteiger partial charge < -0.3 is 11.6 Å². The number of halogens is 1. The average Bonchev–Trinajstić information content (AvgIpc) is 2.83. The quantitative estimate of drug-likeness (QED) is 0.538. The third kappa shape index (κ3) is 7.95. The number of rotatable bonds is 0. The van der Waals surface area contributed by atoms with Gasteiger partial charge in [-0.2, -0.15) is 12.2 Å². The molecule has 0 nitrogen and oxygen atoms in total. The Kier molecular flexibility index (Phi) is 12.9. The number of allylic oxidation sites excluding steroid dienone is 8. The maximum absolute atomic E-state index is 4.39. The molecule has 0 aromatic rings. The molecular weight excluding hydrogens is 307 g/mol. The minimum Gasteiger partial charge on any atom is -0.352 e. The molecule has 0 bridgehead atoms. The zero-order valence-corrected chi connectivity index (χ0v) is 14.4. The molecule has 0 aromatic carbocycles. The first-order valence-corrected chi connectivity index (χ1v) is 5.90. The third-order valence-electron chi connectivity index (χ3n) is 2.73. The Bertz CT molecular complexity index is 267. The molecule has 2 heteroatoms. The van der Waals surface area contributed by atoms with Crippen molar-refractivity contribution in [1.82, 2.24) is 0 Å². The van der Waals surface area contributed by atoms with E-state index in [1.165, 1.54) is 22.3 Å². The van der Waals surface area contributed by atoms with Gasteiger partial charge in [0.15, 0.2) is 0 Å². The van der Waals surface area contributed by atoms with Gasteiger partial charge in [0, 0.05) is 0 Å². The monoisotopic (exact) mass is 325 g/mol. The molecule has 17 heavy (non-hydrogen) atoms. The second-order valence-corrected chi connectivity index (χ2v) is 3.79. The molecule has 0 aliphatic heterocycles. The Balaban J connectivity index is 0. The minimum atomic E-state index is 0. The second kappa shape index (κ2) is 11.2. The van der Waals surface area contributed by atoms with E-state index in [-0.39, 0.29) is 26.2 Å². The Morgan fingerprint density at radius 2 is 1.18 bits per heavy atom. The third-order valence-corrected chi connectivity index (χ3v) is 2.73. The minimum absolute atomic E-state index is 0. The van der Waals surface area contributed by atoms with Gasteiger partial charge in [0.1, 0.15) is 0 Å². The summed E-state index contributed by atoms with van der Waals surface area (Å²) in [5.41, 5.74) is 5.42. The van der Waals surface area contributed by atoms with E-state index in [0.29, 0.717) is 0 Å². The van der Waals surface area contributed by atoms with Gasteiger partial charge in [-0.1, -0.05) is 13.8 Å². The van der Waals surface area contributed by atoms with Crippen LogP contribution in [0.4, 0.5) is 0 Å². The molecule has 0 heterocycles. The molecule has 0 saturated carbocycles. The van der Waals surface area contributed by atoms with Crippen LogP contribution in [0.3, 0.4) is 0 Å². The van der Waals surface area contributed by atoms with E-state index in [1.807, 2.05) is 0 Å². The molecule has 2 rings (SSSR count). The van der Waals surface area contributed by atoms with E-state index in [1.54, 1.807) is 0 Å². The van der Waals surface area contributed by atoms with Crippen LogP contribution in [0.5, 0.6) is 0 Å². The zero-order chi connectivity index (χ0) is 12.6. The summed E-state index contributed by atoms with van der Waals surface area (Å²) < 4.78 is 0. The summed E-state index contributed by atoms with van der Waals surface area (Å²) in [7, 11) is 0. The zero-order valence-electron chi connectivity index (χ0n) is 11.2. The van der Waals surface area contributed by atoms with Crippen LogP contribution in [0, 0.1) is 18.5 Å². The molecule has 0 spiro atoms. The van der Waals surface area contributed by atoms with Crippen LogP contribution in [-0.2, 0) is 26.2 Å². The van der Waals surface area contributed by atoms with E-state index in [0.717, 1.165) is 12.8 Å². The average molecular weight is 327 g/mol. The molecule has 0 unspecified atom stereocenters. The van der Waals surface area contributed by atoms with E-state index in [4.69, 9.17) is 0 Å². The topological polar surface area (TPSA) is 0 Å². The molecule has 1 radical (unpaired) electrons. The summed E-state index contributed by atoms with van der Waals surface area (Å²) >= 11 is 4.39. The molecular formula is C15H20ClZr. The van der Waals surface area contributed by atoms with Gasteiger partial charge in [-0.05, 0) is 0 Å². The van der Waals surface area contributed by atoms with Gasteiger partial charge in [-0.3, -0.25) is 18.5 Å². The van der Waals surface area contributed by atoms with Crippen molar-refractivity contribution in [3.63, 3.8) is 0 Å². The van der Waals surface area contributed by atoms with Crippen LogP contribution in [0.1, 0.15) is 40.5 Å². The maximum Gasteiger partial charge on any atom is 3.00 e. The maximum atomic E-state index is 4.39. The van der Waals surface area contributed by atoms with Crippen LogP contribution in [0.2, 0.25) is 0 Å². The summed E-state index contributed by atoms with van der Waals surface area (Å²) in [6, 6.07) is 0. The number of hydrogen-bond donors (Lipinski definition) is 0. The van der Waals surface area contributed by atoms with Gasteiger partial charge >= 0.3 is 26.2 Å². The summed E-state index contributed by atoms with van der Waals surface area (Å²) in [4.78, 5) is 0. The van der Waals surface area contributed by atoms with Crippen LogP contribution >= 0.6 is 11.6 Å². The molecule has 0 aromatic heterocycles. The Morgan fingerprint density at radius 1 is 0.882 bits per heavy atom. The van der Waals surface area contributed by atoms with E-state index >= 15 is 0 Å². The normalized spacial score (nSPS) is 16.1. The van der Waals surface area contributed by atoms with Crippen molar-refractivity contribution < 1.29 is 26.2 Å². The Labute approximate surface area is 131 Å². The molecule has 0 fully saturated rings. The molecule has 2 aliphatic carbocycles. The second-order valence-electron chi connectivity index (χ2n) is 3.79. The van der Waals surface area contributed by atoms with Crippen molar-refractivity contribution in [3.05, 3.63) is 53.0 Å². The molecule has 0 atom stereocenters. The first-order valence-electron chi connectivity index (χ1n) is 5.37. The van der Waals surface area contributed by atoms with Crippen molar-refractivity contribution in [2.75, 3.05) is 0 Å². The van der Waals surface area contributed by atoms with Gasteiger partial charge in [0.05, 0.1) is 0 Å². The van der Waals surface area contributed by atoms with Crippen LogP contribution in [0.25, 0.3) is 0 Å². The van der Waals surface area contributed by atoms with Crippen LogP contribution < -0.4 is 0 Å². The predicted molar refractivity (Wildman–Crippen MR) is 72.8 cm³/mol. The van der Waals surface area contributed by atoms with E-state index < -0.39 is 0 Å². The largest absolute Gasteiger partial charge is 3.00 e. The van der Waals surface area contributed by atoms with Crippen molar-refractivity contribution in [2.45, 2.75) is 40.5 Å². The molecule has 2 aliphatic rings. The molecule has 91 valence electrons. The molecule has 0 amide bonds. The first-order chi connectivity index (χ1) is 7.61. The van der Waals surface area contributed by atoms with E-state index in [9.17, 15) is 0 Å². The van der Waals surface area contributed by atoms with Crippen LogP contribution in [-0.4, -0.2) is 0 Å². The van der Waals surface area contributed by atoms with Gasteiger partial charge in [-0.25, -0.2) is 22.3 Å². The van der Waals surface area contributed by atoms with Gasteiger partial charge in [-0.15, -0.1) is 26.7 Å². The summed E-state index contributed by atoms with van der Waals surface area (Å²) in [5.74, 6) is 0. The smallest absolute Gasteiger partial charge is 0.352 e. The summed E-state index contributed by atoms with van der Waals surface area (Å²) in [6.45, 7) is 8.43. The fourth-order valence-corrected chi connectivity index (χ4v) is 1.30. The number of hydrogen-bond acceptors (Lipinski definition) is 0. The summed E-state index contributed by atoms with van der Waals surface area (Å²) in [6.07, 6.45) is 15.5. The first kappa shape index (κ1) is 19.5. The Morgan fingerprint density at radius 3 is 1.24 bits per heavy atom. The standard InChI is InChI=1S/2C7H9.CH2Cl.Zr/c2*1-6-4-3-5-7(6)2;1-2;/h2*4H,3H2,1-2H3;1H2;/q3*-1;+3. The van der Waals surface area contributed by atoms with Crippen LogP contribution in [0.15, 0.2) is 34.4 Å². The SMILES string of the molecule is CC1=[C-]CC=C1C.CC1=[C-]CC=C1C.[CH2-]Cl.[Zr+3]. The van der Waals surface area contributed by atoms with Crippen molar-refractivity contribution in [3.8, 4) is 0 Å². The fraction of sp³-hybridized carbons (Fsp3) is 0.400. The van der Waals surface area contributed by atoms with Crippen molar-refractivity contribution in [1.29, 1.82) is 0 Å². The Hall–Kier alpha value is 0.133. The predicted octanol–water partition coefficient (Wildman–Crippen LogP) is 5.19. The van der Waals surface area contributed by atoms with Crippen molar-refractivity contribution >= 4 is 11.6 Å². The van der Waals surface area contributed by atoms with E-state index in [2.05, 4.69) is 70.0 Å². The van der Waals surface area contributed by atoms with Crippen molar-refractivity contribution in [2.24, 2.45) is 0 Å². The van der Waals surface area contributed by atoms with Gasteiger partial charge in [0.25, 0.3) is 0 Å². The van der Waals surface area contributed by atoms with Gasteiger partial charge in [0.2, 0.25) is 0 Å². The fourth-order valence-electron chi connectivity index (χ4n) is 1.30. The molecule has 0 N–H and O–H groups in total. The summed E-state index contributed by atoms with van der Waals surface area (Å²) in [5, 5.41) is 0.